The Bertz CT molecular complexity index is 1550. The van der Waals surface area contributed by atoms with Crippen molar-refractivity contribution in [1.82, 2.24) is 14.5 Å². The summed E-state index contributed by atoms with van der Waals surface area (Å²) in [4.78, 5) is 0.366. The Morgan fingerprint density at radius 3 is 2.18 bits per heavy atom. The zero-order chi connectivity index (χ0) is 27.7. The highest BCUT2D eigenvalue weighted by atomic mass is 35.5. The molecular weight excluding hydrogens is 585 g/mol. The second-order valence-corrected chi connectivity index (χ2v) is 13.6. The number of benzene rings is 2. The molecule has 1 N–H and O–H groups in total. The molecule has 0 unspecified atom stereocenters. The predicted molar refractivity (Wildman–Crippen MR) is 137 cm³/mol. The fraction of sp³-hybridized carbons (Fsp3) is 0.304. The topological polar surface area (TPSA) is 109 Å². The number of aryl methyl sites for hydroxylation is 1. The van der Waals surface area contributed by atoms with Gasteiger partial charge < -0.3 is 0 Å². The number of sulfonamides is 2. The molecule has 0 spiro atoms. The van der Waals surface area contributed by atoms with Crippen molar-refractivity contribution < 1.29 is 30.0 Å². The molecule has 0 amide bonds. The van der Waals surface area contributed by atoms with E-state index in [0.29, 0.717) is 40.7 Å². The van der Waals surface area contributed by atoms with E-state index >= 15 is 0 Å². The van der Waals surface area contributed by atoms with E-state index in [2.05, 4.69) is 14.9 Å². The summed E-state index contributed by atoms with van der Waals surface area (Å²) in [6.07, 6.45) is -1.97. The van der Waals surface area contributed by atoms with Crippen molar-refractivity contribution >= 4 is 49.2 Å². The number of hydrogen-bond donors (Lipinski definition) is 1. The van der Waals surface area contributed by atoms with Crippen molar-refractivity contribution in [2.75, 3.05) is 17.8 Å². The van der Waals surface area contributed by atoms with Gasteiger partial charge in [0, 0.05) is 18.0 Å². The summed E-state index contributed by atoms with van der Waals surface area (Å²) in [7, 11) is -7.90. The fourth-order valence-corrected chi connectivity index (χ4v) is 7.71. The van der Waals surface area contributed by atoms with Crippen molar-refractivity contribution in [1.29, 1.82) is 0 Å². The second kappa shape index (κ2) is 11.0. The number of alkyl halides is 3. The quantitative estimate of drug-likeness (QED) is 0.374. The number of hydrogen-bond acceptors (Lipinski definition) is 7. The summed E-state index contributed by atoms with van der Waals surface area (Å²) in [6.45, 7) is 2.60. The average molecular weight is 607 g/mol. The summed E-state index contributed by atoms with van der Waals surface area (Å²) in [5.41, 5.74) is -0.672. The molecule has 0 radical (unpaired) electrons. The van der Waals surface area contributed by atoms with Gasteiger partial charge in [0.1, 0.15) is 9.92 Å². The monoisotopic (exact) mass is 606 g/mol. The van der Waals surface area contributed by atoms with E-state index in [1.165, 1.54) is 28.2 Å². The van der Waals surface area contributed by atoms with Crippen LogP contribution in [0, 0.1) is 6.92 Å². The van der Waals surface area contributed by atoms with Crippen LogP contribution < -0.4 is 4.72 Å². The Labute approximate surface area is 227 Å². The van der Waals surface area contributed by atoms with Crippen molar-refractivity contribution in [3.63, 3.8) is 0 Å². The molecule has 2 aromatic carbocycles. The lowest BCUT2D eigenvalue weighted by atomic mass is 10.2. The van der Waals surface area contributed by atoms with Crippen LogP contribution in [0.25, 0.3) is 0 Å². The highest BCUT2D eigenvalue weighted by molar-refractivity contribution is 7.99. The fourth-order valence-electron chi connectivity index (χ4n) is 3.74. The Morgan fingerprint density at radius 2 is 1.61 bits per heavy atom. The molecule has 3 aromatic rings. The molecule has 4 rings (SSSR count). The zero-order valence-electron chi connectivity index (χ0n) is 19.9. The Hall–Kier alpha value is -2.39. The lowest BCUT2D eigenvalue weighted by Crippen LogP contribution is -2.35. The maximum atomic E-state index is 12.9. The Morgan fingerprint density at radius 1 is 0.947 bits per heavy atom. The molecule has 0 aliphatic carbocycles. The summed E-state index contributed by atoms with van der Waals surface area (Å²) in [5, 5.41) is 7.74. The van der Waals surface area contributed by atoms with E-state index in [1.54, 1.807) is 25.1 Å². The maximum absolute atomic E-state index is 12.9. The predicted octanol–water partition coefficient (Wildman–Crippen LogP) is 5.58. The third-order valence-electron chi connectivity index (χ3n) is 5.74. The van der Waals surface area contributed by atoms with Gasteiger partial charge in [0.2, 0.25) is 10.0 Å². The molecule has 1 aliphatic rings. The minimum Gasteiger partial charge on any atom is -0.262 e. The lowest BCUT2D eigenvalue weighted by molar-refractivity contribution is -0.137. The first-order valence-electron chi connectivity index (χ1n) is 11.3. The number of rotatable bonds is 7. The van der Waals surface area contributed by atoms with Gasteiger partial charge in [-0.1, -0.05) is 29.8 Å². The smallest absolute Gasteiger partial charge is 0.262 e. The molecule has 0 atom stereocenters. The summed E-state index contributed by atoms with van der Waals surface area (Å²) >= 11 is 7.03. The van der Waals surface area contributed by atoms with E-state index in [1.807, 2.05) is 0 Å². The largest absolute Gasteiger partial charge is 0.416 e. The summed E-state index contributed by atoms with van der Waals surface area (Å²) in [5.74, 6) is -0.117. The SMILES string of the molecule is Cc1cc(Sc2ccc(S(=O)(=O)N3CCCCC3)cc2)nnc1NS(=O)(=O)c1ccc(C(F)(F)F)cc1Cl. The van der Waals surface area contributed by atoms with Crippen LogP contribution in [0.1, 0.15) is 30.4 Å². The van der Waals surface area contributed by atoms with Gasteiger partial charge in [0.25, 0.3) is 10.0 Å². The van der Waals surface area contributed by atoms with Gasteiger partial charge in [-0.25, -0.2) is 16.8 Å². The van der Waals surface area contributed by atoms with Crippen LogP contribution in [0.3, 0.4) is 0 Å². The van der Waals surface area contributed by atoms with Crippen molar-refractivity contribution in [3.8, 4) is 0 Å². The van der Waals surface area contributed by atoms with Crippen LogP contribution in [-0.4, -0.2) is 44.4 Å². The number of nitrogens with zero attached hydrogens (tertiary/aromatic N) is 3. The molecule has 38 heavy (non-hydrogen) atoms. The van der Waals surface area contributed by atoms with E-state index in [0.717, 1.165) is 25.3 Å². The number of anilines is 1. The molecule has 204 valence electrons. The minimum atomic E-state index is -4.67. The molecule has 1 aliphatic heterocycles. The van der Waals surface area contributed by atoms with Crippen LogP contribution in [0.2, 0.25) is 5.02 Å². The molecule has 1 saturated heterocycles. The third kappa shape index (κ3) is 6.42. The molecule has 1 aromatic heterocycles. The summed E-state index contributed by atoms with van der Waals surface area (Å²) in [6, 6.07) is 9.88. The van der Waals surface area contributed by atoms with Gasteiger partial charge in [-0.3, -0.25) is 4.72 Å². The standard InChI is InChI=1S/C23H22ClF3N4O4S3/c1-15-13-21(36-17-6-8-18(9-7-17)38(34,35)31-11-3-2-4-12-31)28-29-22(15)30-37(32,33)20-10-5-16(14-19(20)24)23(25,26)27/h5-10,13-14H,2-4,11-12H2,1H3,(H,29,30). The number of nitrogens with one attached hydrogen (secondary N) is 1. The molecule has 0 saturated carbocycles. The Kier molecular flexibility index (Phi) is 8.28. The van der Waals surface area contributed by atoms with Gasteiger partial charge in [-0.15, -0.1) is 10.2 Å². The Balaban J connectivity index is 1.47. The second-order valence-electron chi connectivity index (χ2n) is 8.50. The van der Waals surface area contributed by atoms with Crippen LogP contribution in [0.4, 0.5) is 19.0 Å². The normalized spacial score (nSPS) is 15.4. The highest BCUT2D eigenvalue weighted by Crippen LogP contribution is 2.34. The number of halogens is 4. The van der Waals surface area contributed by atoms with E-state index in [-0.39, 0.29) is 10.7 Å². The van der Waals surface area contributed by atoms with Gasteiger partial charge in [0.05, 0.1) is 15.5 Å². The number of aromatic nitrogens is 2. The van der Waals surface area contributed by atoms with E-state index in [9.17, 15) is 30.0 Å². The minimum absolute atomic E-state index is 0.117. The zero-order valence-corrected chi connectivity index (χ0v) is 23.1. The third-order valence-corrected chi connectivity index (χ3v) is 10.4. The van der Waals surface area contributed by atoms with Crippen LogP contribution in [-0.2, 0) is 26.2 Å². The van der Waals surface area contributed by atoms with Gasteiger partial charge in [-0.05, 0) is 73.9 Å². The molecule has 2 heterocycles. The first kappa shape index (κ1) is 28.6. The maximum Gasteiger partial charge on any atom is 0.416 e. The molecule has 8 nitrogen and oxygen atoms in total. The number of piperidine rings is 1. The van der Waals surface area contributed by atoms with E-state index in [4.69, 9.17) is 11.6 Å². The first-order chi connectivity index (χ1) is 17.8. The van der Waals surface area contributed by atoms with Gasteiger partial charge >= 0.3 is 6.18 Å². The molecule has 0 bridgehead atoms. The van der Waals surface area contributed by atoms with Crippen LogP contribution >= 0.6 is 23.4 Å². The lowest BCUT2D eigenvalue weighted by Gasteiger charge is -2.25. The van der Waals surface area contributed by atoms with Crippen molar-refractivity contribution in [3.05, 3.63) is 64.7 Å². The average Bonchev–Trinajstić information content (AvgIpc) is 2.86. The van der Waals surface area contributed by atoms with Gasteiger partial charge in [-0.2, -0.15) is 17.5 Å². The first-order valence-corrected chi connectivity index (χ1v) is 15.4. The molecule has 15 heteroatoms. The summed E-state index contributed by atoms with van der Waals surface area (Å²) < 4.78 is 93.4. The molecule has 1 fully saturated rings. The highest BCUT2D eigenvalue weighted by Gasteiger charge is 2.32. The van der Waals surface area contributed by atoms with Crippen LogP contribution in [0.5, 0.6) is 0 Å². The van der Waals surface area contributed by atoms with Crippen molar-refractivity contribution in [2.45, 2.75) is 52.1 Å². The van der Waals surface area contributed by atoms with Gasteiger partial charge in [0.15, 0.2) is 5.82 Å². The van der Waals surface area contributed by atoms with Crippen molar-refractivity contribution in [2.24, 2.45) is 0 Å². The van der Waals surface area contributed by atoms with Crippen LogP contribution in [0.15, 0.2) is 68.2 Å². The molecular formula is C23H22ClF3N4O4S3. The van der Waals surface area contributed by atoms with E-state index < -0.39 is 41.7 Å².